The Morgan fingerprint density at radius 1 is 1.36 bits per heavy atom. The molecule has 2 rings (SSSR count). The van der Waals surface area contributed by atoms with Crippen LogP contribution in [0.5, 0.6) is 0 Å². The van der Waals surface area contributed by atoms with Gasteiger partial charge in [0.25, 0.3) is 0 Å². The molecule has 1 aromatic carbocycles. The second kappa shape index (κ2) is 6.99. The molecule has 2 N–H and O–H groups in total. The van der Waals surface area contributed by atoms with E-state index in [2.05, 4.69) is 10.0 Å². The summed E-state index contributed by atoms with van der Waals surface area (Å²) in [6.45, 7) is 3.02. The standard InChI is InChI=1S/C14H21N3O3S2/c1-10-14(18)16-12-9-11(5-6-13(12)21-10)22(19,20)15-7-4-8-17(2)3/h5-6,9-10,15H,4,7-8H2,1-3H3,(H,16,18). The lowest BCUT2D eigenvalue weighted by Gasteiger charge is -2.21. The van der Waals surface area contributed by atoms with Crippen molar-refractivity contribution in [2.75, 3.05) is 32.5 Å². The number of hydrogen-bond acceptors (Lipinski definition) is 5. The first-order valence-corrected chi connectivity index (χ1v) is 9.42. The molecule has 0 aliphatic carbocycles. The predicted molar refractivity (Wildman–Crippen MR) is 88.8 cm³/mol. The first-order valence-electron chi connectivity index (χ1n) is 7.05. The van der Waals surface area contributed by atoms with Crippen molar-refractivity contribution in [1.82, 2.24) is 9.62 Å². The molecule has 1 aliphatic rings. The van der Waals surface area contributed by atoms with E-state index in [-0.39, 0.29) is 16.1 Å². The summed E-state index contributed by atoms with van der Waals surface area (Å²) >= 11 is 1.43. The van der Waals surface area contributed by atoms with E-state index >= 15 is 0 Å². The summed E-state index contributed by atoms with van der Waals surface area (Å²) in [5.74, 6) is -0.106. The maximum atomic E-state index is 12.3. The van der Waals surface area contributed by atoms with Crippen LogP contribution < -0.4 is 10.0 Å². The number of hydrogen-bond donors (Lipinski definition) is 2. The number of nitrogens with one attached hydrogen (secondary N) is 2. The number of carbonyl (C=O) groups excluding carboxylic acids is 1. The van der Waals surface area contributed by atoms with Crippen LogP contribution in [0.25, 0.3) is 0 Å². The lowest BCUT2D eigenvalue weighted by molar-refractivity contribution is -0.115. The predicted octanol–water partition coefficient (Wildman–Crippen LogP) is 1.35. The van der Waals surface area contributed by atoms with Crippen LogP contribution in [0.15, 0.2) is 28.0 Å². The number of sulfonamides is 1. The van der Waals surface area contributed by atoms with Gasteiger partial charge in [-0.25, -0.2) is 13.1 Å². The van der Waals surface area contributed by atoms with Crippen LogP contribution in [-0.2, 0) is 14.8 Å². The smallest absolute Gasteiger partial charge is 0.240 e. The minimum atomic E-state index is -3.55. The van der Waals surface area contributed by atoms with Gasteiger partial charge in [-0.2, -0.15) is 0 Å². The van der Waals surface area contributed by atoms with Crippen molar-refractivity contribution in [3.63, 3.8) is 0 Å². The highest BCUT2D eigenvalue weighted by atomic mass is 32.2. The number of nitrogens with zero attached hydrogens (tertiary/aromatic N) is 1. The van der Waals surface area contributed by atoms with Crippen LogP contribution in [-0.4, -0.2) is 51.7 Å². The molecule has 8 heteroatoms. The molecule has 1 aromatic rings. The average molecular weight is 343 g/mol. The van der Waals surface area contributed by atoms with E-state index in [1.807, 2.05) is 25.9 Å². The lowest BCUT2D eigenvalue weighted by Crippen LogP contribution is -2.29. The molecule has 1 unspecified atom stereocenters. The molecule has 1 atom stereocenters. The van der Waals surface area contributed by atoms with Gasteiger partial charge in [-0.15, -0.1) is 11.8 Å². The third kappa shape index (κ3) is 4.22. The van der Waals surface area contributed by atoms with E-state index in [9.17, 15) is 13.2 Å². The Morgan fingerprint density at radius 3 is 2.77 bits per heavy atom. The van der Waals surface area contributed by atoms with E-state index in [4.69, 9.17) is 0 Å². The number of amides is 1. The highest BCUT2D eigenvalue weighted by molar-refractivity contribution is 8.01. The molecule has 0 aromatic heterocycles. The van der Waals surface area contributed by atoms with Gasteiger partial charge in [-0.05, 0) is 52.2 Å². The summed E-state index contributed by atoms with van der Waals surface area (Å²) in [7, 11) is 0.336. The molecule has 0 saturated heterocycles. The second-order valence-corrected chi connectivity index (χ2v) is 8.61. The van der Waals surface area contributed by atoms with Crippen molar-refractivity contribution in [2.24, 2.45) is 0 Å². The van der Waals surface area contributed by atoms with Crippen LogP contribution in [0.1, 0.15) is 13.3 Å². The number of anilines is 1. The van der Waals surface area contributed by atoms with E-state index in [0.717, 1.165) is 17.9 Å². The zero-order valence-corrected chi connectivity index (χ0v) is 14.6. The molecule has 0 radical (unpaired) electrons. The largest absolute Gasteiger partial charge is 0.324 e. The number of benzene rings is 1. The maximum absolute atomic E-state index is 12.3. The lowest BCUT2D eigenvalue weighted by atomic mass is 10.3. The van der Waals surface area contributed by atoms with Crippen molar-refractivity contribution >= 4 is 33.4 Å². The molecule has 0 saturated carbocycles. The normalized spacial score (nSPS) is 18.2. The molecule has 0 spiro atoms. The van der Waals surface area contributed by atoms with E-state index < -0.39 is 10.0 Å². The Morgan fingerprint density at radius 2 is 2.09 bits per heavy atom. The maximum Gasteiger partial charge on any atom is 0.240 e. The van der Waals surface area contributed by atoms with Gasteiger partial charge in [0.2, 0.25) is 15.9 Å². The van der Waals surface area contributed by atoms with Crippen LogP contribution in [0.3, 0.4) is 0 Å². The van der Waals surface area contributed by atoms with Crippen molar-refractivity contribution in [3.05, 3.63) is 18.2 Å². The quantitative estimate of drug-likeness (QED) is 0.762. The molecule has 1 heterocycles. The topological polar surface area (TPSA) is 78.5 Å². The molecular weight excluding hydrogens is 322 g/mol. The van der Waals surface area contributed by atoms with E-state index in [1.54, 1.807) is 12.1 Å². The number of thioether (sulfide) groups is 1. The Labute approximate surface area is 135 Å². The van der Waals surface area contributed by atoms with Gasteiger partial charge in [-0.1, -0.05) is 0 Å². The van der Waals surface area contributed by atoms with Gasteiger partial charge >= 0.3 is 0 Å². The Kier molecular flexibility index (Phi) is 5.49. The minimum absolute atomic E-state index is 0.106. The second-order valence-electron chi connectivity index (χ2n) is 5.46. The van der Waals surface area contributed by atoms with Crippen molar-refractivity contribution in [3.8, 4) is 0 Å². The first kappa shape index (κ1) is 17.3. The van der Waals surface area contributed by atoms with Gasteiger partial charge in [-0.3, -0.25) is 4.79 Å². The molecule has 122 valence electrons. The third-order valence-corrected chi connectivity index (χ3v) is 5.90. The molecule has 6 nitrogen and oxygen atoms in total. The SMILES string of the molecule is CC1Sc2ccc(S(=O)(=O)NCCCN(C)C)cc2NC1=O. The zero-order valence-electron chi connectivity index (χ0n) is 12.9. The van der Waals surface area contributed by atoms with Crippen molar-refractivity contribution < 1.29 is 13.2 Å². The van der Waals surface area contributed by atoms with Crippen molar-refractivity contribution in [2.45, 2.75) is 28.4 Å². The summed E-state index contributed by atoms with van der Waals surface area (Å²) in [5, 5.41) is 2.58. The molecule has 0 fully saturated rings. The molecule has 1 amide bonds. The Balaban J connectivity index is 2.09. The third-order valence-electron chi connectivity index (χ3n) is 3.27. The van der Waals surface area contributed by atoms with Crippen LogP contribution in [0.2, 0.25) is 0 Å². The fourth-order valence-electron chi connectivity index (χ4n) is 2.04. The fourth-order valence-corrected chi connectivity index (χ4v) is 4.07. The van der Waals surface area contributed by atoms with Gasteiger partial charge in [0.15, 0.2) is 0 Å². The van der Waals surface area contributed by atoms with Crippen molar-refractivity contribution in [1.29, 1.82) is 0 Å². The summed E-state index contributed by atoms with van der Waals surface area (Å²) in [5.41, 5.74) is 0.560. The average Bonchev–Trinajstić information content (AvgIpc) is 2.44. The molecular formula is C14H21N3O3S2. The monoisotopic (exact) mass is 343 g/mol. The summed E-state index contributed by atoms with van der Waals surface area (Å²) < 4.78 is 27.1. The highest BCUT2D eigenvalue weighted by Gasteiger charge is 2.24. The van der Waals surface area contributed by atoms with Gasteiger partial charge in [0.05, 0.1) is 15.8 Å². The summed E-state index contributed by atoms with van der Waals surface area (Å²) in [6.07, 6.45) is 0.737. The summed E-state index contributed by atoms with van der Waals surface area (Å²) in [6, 6.07) is 4.83. The number of rotatable bonds is 6. The first-order chi connectivity index (χ1) is 10.3. The number of carbonyl (C=O) groups is 1. The summed E-state index contributed by atoms with van der Waals surface area (Å²) in [4.78, 5) is 14.8. The molecule has 22 heavy (non-hydrogen) atoms. The minimum Gasteiger partial charge on any atom is -0.324 e. The molecule has 0 bridgehead atoms. The van der Waals surface area contributed by atoms with Crippen LogP contribution in [0, 0.1) is 0 Å². The van der Waals surface area contributed by atoms with Crippen LogP contribution >= 0.6 is 11.8 Å². The Bertz CT molecular complexity index is 659. The van der Waals surface area contributed by atoms with E-state index in [1.165, 1.54) is 17.8 Å². The van der Waals surface area contributed by atoms with Gasteiger partial charge < -0.3 is 10.2 Å². The number of fused-ring (bicyclic) bond motifs is 1. The van der Waals surface area contributed by atoms with Crippen LogP contribution in [0.4, 0.5) is 5.69 Å². The van der Waals surface area contributed by atoms with E-state index in [0.29, 0.717) is 12.2 Å². The van der Waals surface area contributed by atoms with Gasteiger partial charge in [0.1, 0.15) is 0 Å². The zero-order chi connectivity index (χ0) is 16.3. The molecule has 1 aliphatic heterocycles. The highest BCUT2D eigenvalue weighted by Crippen LogP contribution is 2.36. The fraction of sp³-hybridized carbons (Fsp3) is 0.500. The van der Waals surface area contributed by atoms with Gasteiger partial charge in [0, 0.05) is 11.4 Å². The Hall–Kier alpha value is -1.09.